The molecule has 7 heteroatoms. The highest BCUT2D eigenvalue weighted by atomic mass is 19.4. The number of hydrogen-bond donors (Lipinski definition) is 0. The average Bonchev–Trinajstić information content (AvgIpc) is 2.58. The molecule has 2 atom stereocenters. The number of rotatable bonds is 5. The molecule has 1 aliphatic heterocycles. The van der Waals surface area contributed by atoms with Gasteiger partial charge in [-0.3, -0.25) is 4.79 Å². The summed E-state index contributed by atoms with van der Waals surface area (Å²) in [5.74, 6) is -0.0285. The summed E-state index contributed by atoms with van der Waals surface area (Å²) in [5, 5.41) is 0. The highest BCUT2D eigenvalue weighted by Gasteiger charge is 2.32. The lowest BCUT2D eigenvalue weighted by atomic mass is 10.0. The highest BCUT2D eigenvalue weighted by Crippen LogP contribution is 2.32. The Balaban J connectivity index is 2.01. The van der Waals surface area contributed by atoms with Gasteiger partial charge in [-0.25, -0.2) is 0 Å². The van der Waals surface area contributed by atoms with Crippen LogP contribution in [0.5, 0.6) is 0 Å². The van der Waals surface area contributed by atoms with Crippen LogP contribution in [0.15, 0.2) is 24.3 Å². The summed E-state index contributed by atoms with van der Waals surface area (Å²) in [4.78, 5) is 13.9. The van der Waals surface area contributed by atoms with Crippen molar-refractivity contribution in [3.8, 4) is 0 Å². The standard InChI is InChI=1S/C17H22F3NO3/c1-12(23-2)6-7-16(22)21-8-9-24-15(11-21)13-4-3-5-14(10-13)17(18,19)20/h3-5,10,12,15H,6-9,11H2,1-2H3/t12-,15-/m1/s1. The van der Waals surface area contributed by atoms with E-state index in [2.05, 4.69) is 0 Å². The van der Waals surface area contributed by atoms with Crippen LogP contribution in [-0.4, -0.2) is 43.7 Å². The van der Waals surface area contributed by atoms with Crippen LogP contribution in [-0.2, 0) is 20.4 Å². The molecule has 4 nitrogen and oxygen atoms in total. The van der Waals surface area contributed by atoms with Gasteiger partial charge in [-0.15, -0.1) is 0 Å². The SMILES string of the molecule is CO[C@H](C)CCC(=O)N1CCO[C@@H](c2cccc(C(F)(F)F)c2)C1. The maximum absolute atomic E-state index is 12.8. The Bertz CT molecular complexity index is 562. The fraction of sp³-hybridized carbons (Fsp3) is 0.588. The van der Waals surface area contributed by atoms with E-state index >= 15 is 0 Å². The third-order valence-electron chi connectivity index (χ3n) is 4.17. The molecule has 1 aliphatic rings. The van der Waals surface area contributed by atoms with Crippen molar-refractivity contribution in [3.05, 3.63) is 35.4 Å². The van der Waals surface area contributed by atoms with Gasteiger partial charge in [-0.1, -0.05) is 12.1 Å². The van der Waals surface area contributed by atoms with Crippen molar-refractivity contribution in [2.24, 2.45) is 0 Å². The van der Waals surface area contributed by atoms with Crippen LogP contribution in [0.25, 0.3) is 0 Å². The molecule has 1 saturated heterocycles. The number of morpholine rings is 1. The van der Waals surface area contributed by atoms with Gasteiger partial charge in [0.25, 0.3) is 0 Å². The molecule has 0 radical (unpaired) electrons. The normalized spacial score (nSPS) is 20.0. The molecule has 0 bridgehead atoms. The van der Waals surface area contributed by atoms with Gasteiger partial charge in [0.05, 0.1) is 24.8 Å². The molecule has 1 aromatic rings. The molecule has 24 heavy (non-hydrogen) atoms. The molecular weight excluding hydrogens is 323 g/mol. The minimum absolute atomic E-state index is 0.00532. The van der Waals surface area contributed by atoms with Crippen LogP contribution < -0.4 is 0 Å². The first-order valence-electron chi connectivity index (χ1n) is 7.90. The molecule has 0 N–H and O–H groups in total. The molecule has 1 aromatic carbocycles. The number of methoxy groups -OCH3 is 1. The Morgan fingerprint density at radius 1 is 1.46 bits per heavy atom. The topological polar surface area (TPSA) is 38.8 Å². The number of nitrogens with zero attached hydrogens (tertiary/aromatic N) is 1. The van der Waals surface area contributed by atoms with E-state index < -0.39 is 17.8 Å². The quantitative estimate of drug-likeness (QED) is 0.821. The van der Waals surface area contributed by atoms with Crippen LogP contribution in [0.1, 0.15) is 37.0 Å². The predicted octanol–water partition coefficient (Wildman–Crippen LogP) is 3.42. The third-order valence-corrected chi connectivity index (χ3v) is 4.17. The Morgan fingerprint density at radius 2 is 2.21 bits per heavy atom. The largest absolute Gasteiger partial charge is 0.416 e. The van der Waals surface area contributed by atoms with Crippen LogP contribution in [0.2, 0.25) is 0 Å². The van der Waals surface area contributed by atoms with Gasteiger partial charge < -0.3 is 14.4 Å². The molecule has 0 saturated carbocycles. The van der Waals surface area contributed by atoms with E-state index in [0.29, 0.717) is 31.6 Å². The zero-order chi connectivity index (χ0) is 17.7. The summed E-state index contributed by atoms with van der Waals surface area (Å²) >= 11 is 0. The number of hydrogen-bond acceptors (Lipinski definition) is 3. The zero-order valence-electron chi connectivity index (χ0n) is 13.8. The van der Waals surface area contributed by atoms with Crippen LogP contribution >= 0.6 is 0 Å². The minimum atomic E-state index is -4.39. The van der Waals surface area contributed by atoms with E-state index in [1.165, 1.54) is 6.07 Å². The number of benzene rings is 1. The van der Waals surface area contributed by atoms with Gasteiger partial charge in [-0.2, -0.15) is 13.2 Å². The zero-order valence-corrected chi connectivity index (χ0v) is 13.8. The van der Waals surface area contributed by atoms with Crippen molar-refractivity contribution >= 4 is 5.91 Å². The van der Waals surface area contributed by atoms with Crippen molar-refractivity contribution in [1.82, 2.24) is 4.90 Å². The number of amides is 1. The number of carbonyl (C=O) groups excluding carboxylic acids is 1. The Labute approximate surface area is 139 Å². The van der Waals surface area contributed by atoms with Gasteiger partial charge in [0.1, 0.15) is 6.10 Å². The lowest BCUT2D eigenvalue weighted by molar-refractivity contribution is -0.140. The number of ether oxygens (including phenoxy) is 2. The van der Waals surface area contributed by atoms with Gasteiger partial charge in [0.2, 0.25) is 5.91 Å². The third kappa shape index (κ3) is 4.95. The smallest absolute Gasteiger partial charge is 0.382 e. The maximum Gasteiger partial charge on any atom is 0.416 e. The number of alkyl halides is 3. The molecule has 0 unspecified atom stereocenters. The second kappa shape index (κ2) is 7.98. The summed E-state index contributed by atoms with van der Waals surface area (Å²) in [5.41, 5.74) is -0.270. The molecule has 134 valence electrons. The lowest BCUT2D eigenvalue weighted by Gasteiger charge is -2.33. The first-order chi connectivity index (χ1) is 11.3. The molecule has 0 spiro atoms. The summed E-state index contributed by atoms with van der Waals surface area (Å²) in [6, 6.07) is 5.08. The fourth-order valence-electron chi connectivity index (χ4n) is 2.60. The summed E-state index contributed by atoms with van der Waals surface area (Å²) in [7, 11) is 1.59. The molecule has 2 rings (SSSR count). The van der Waals surface area contributed by atoms with Gasteiger partial charge in [0.15, 0.2) is 0 Å². The van der Waals surface area contributed by atoms with Crippen LogP contribution in [0.3, 0.4) is 0 Å². The van der Waals surface area contributed by atoms with Gasteiger partial charge in [-0.05, 0) is 31.0 Å². The van der Waals surface area contributed by atoms with E-state index in [1.807, 2.05) is 6.92 Å². The fourth-order valence-corrected chi connectivity index (χ4v) is 2.60. The molecular formula is C17H22F3NO3. The maximum atomic E-state index is 12.8. The van der Waals surface area contributed by atoms with E-state index in [0.717, 1.165) is 12.1 Å². The summed E-state index contributed by atoms with van der Waals surface area (Å²) in [6.45, 7) is 2.92. The second-order valence-corrected chi connectivity index (χ2v) is 5.91. The van der Waals surface area contributed by atoms with Crippen molar-refractivity contribution in [1.29, 1.82) is 0 Å². The minimum Gasteiger partial charge on any atom is -0.382 e. The van der Waals surface area contributed by atoms with E-state index in [-0.39, 0.29) is 18.6 Å². The molecule has 0 aromatic heterocycles. The Hall–Kier alpha value is -1.60. The summed E-state index contributed by atoms with van der Waals surface area (Å²) in [6.07, 6.45) is -3.97. The van der Waals surface area contributed by atoms with Crippen molar-refractivity contribution in [3.63, 3.8) is 0 Å². The molecule has 1 heterocycles. The second-order valence-electron chi connectivity index (χ2n) is 5.91. The molecule has 0 aliphatic carbocycles. The summed E-state index contributed by atoms with van der Waals surface area (Å²) < 4.78 is 49.2. The van der Waals surface area contributed by atoms with E-state index in [1.54, 1.807) is 18.1 Å². The lowest BCUT2D eigenvalue weighted by Crippen LogP contribution is -2.42. The first-order valence-corrected chi connectivity index (χ1v) is 7.90. The van der Waals surface area contributed by atoms with Crippen molar-refractivity contribution in [2.75, 3.05) is 26.8 Å². The van der Waals surface area contributed by atoms with E-state index in [4.69, 9.17) is 9.47 Å². The molecule has 1 fully saturated rings. The monoisotopic (exact) mass is 345 g/mol. The van der Waals surface area contributed by atoms with Crippen LogP contribution in [0, 0.1) is 0 Å². The van der Waals surface area contributed by atoms with Crippen LogP contribution in [0.4, 0.5) is 13.2 Å². The number of carbonyl (C=O) groups is 1. The Morgan fingerprint density at radius 3 is 2.88 bits per heavy atom. The average molecular weight is 345 g/mol. The van der Waals surface area contributed by atoms with E-state index in [9.17, 15) is 18.0 Å². The highest BCUT2D eigenvalue weighted by molar-refractivity contribution is 5.76. The molecule has 1 amide bonds. The van der Waals surface area contributed by atoms with Crippen molar-refractivity contribution in [2.45, 2.75) is 38.1 Å². The Kier molecular flexibility index (Phi) is 6.23. The van der Waals surface area contributed by atoms with Crippen molar-refractivity contribution < 1.29 is 27.4 Å². The first kappa shape index (κ1) is 18.7. The number of halogens is 3. The van der Waals surface area contributed by atoms with Gasteiger partial charge in [0, 0.05) is 20.1 Å². The predicted molar refractivity (Wildman–Crippen MR) is 82.4 cm³/mol. The van der Waals surface area contributed by atoms with Gasteiger partial charge >= 0.3 is 6.18 Å².